The van der Waals surface area contributed by atoms with E-state index in [-0.39, 0.29) is 23.8 Å². The van der Waals surface area contributed by atoms with Crippen molar-refractivity contribution in [2.75, 3.05) is 10.8 Å². The fourth-order valence-corrected chi connectivity index (χ4v) is 6.57. The molecule has 0 spiro atoms. The second kappa shape index (κ2) is 14.5. The van der Waals surface area contributed by atoms with Crippen molar-refractivity contribution in [2.45, 2.75) is 57.1 Å². The molecule has 2 amide bonds. The first-order valence-electron chi connectivity index (χ1n) is 14.5. The Morgan fingerprint density at radius 1 is 0.800 bits per heavy atom. The van der Waals surface area contributed by atoms with Crippen molar-refractivity contribution < 1.29 is 18.0 Å². The summed E-state index contributed by atoms with van der Waals surface area (Å²) < 4.78 is 29.2. The van der Waals surface area contributed by atoms with E-state index in [4.69, 9.17) is 23.2 Å². The zero-order chi connectivity index (χ0) is 32.8. The molecule has 7 nitrogen and oxygen atoms in total. The lowest BCUT2D eigenvalue weighted by Crippen LogP contribution is -2.56. The predicted molar refractivity (Wildman–Crippen MR) is 181 cm³/mol. The minimum Gasteiger partial charge on any atom is -0.350 e. The minimum absolute atomic E-state index is 0.0204. The number of amides is 2. The number of benzene rings is 4. The van der Waals surface area contributed by atoms with Gasteiger partial charge in [0.15, 0.2) is 0 Å². The second-order valence-corrected chi connectivity index (χ2v) is 14.6. The standard InChI is InChI=1S/C35H37Cl2N3O4S/c1-25-13-17-30(18-14-25)40(45(43,44)31-19-15-28(36)16-20-31)24-33(41)39(23-27-11-8-12-29(37)21-27)32(34(42)38-35(2,3)4)22-26-9-6-5-7-10-26/h5-21,32H,22-24H2,1-4H3,(H,38,42)/t32-/m1/s1. The molecule has 0 bridgehead atoms. The summed E-state index contributed by atoms with van der Waals surface area (Å²) in [6, 6.07) is 28.1. The predicted octanol–water partition coefficient (Wildman–Crippen LogP) is 7.05. The quantitative estimate of drug-likeness (QED) is 0.186. The van der Waals surface area contributed by atoms with Crippen molar-refractivity contribution in [2.24, 2.45) is 0 Å². The van der Waals surface area contributed by atoms with Gasteiger partial charge in [0.25, 0.3) is 10.0 Å². The van der Waals surface area contributed by atoms with Crippen molar-refractivity contribution >= 4 is 50.7 Å². The Balaban J connectivity index is 1.81. The van der Waals surface area contributed by atoms with E-state index < -0.39 is 34.1 Å². The van der Waals surface area contributed by atoms with Crippen molar-refractivity contribution in [3.8, 4) is 0 Å². The Kier molecular flexibility index (Phi) is 11.0. The molecule has 0 aliphatic rings. The van der Waals surface area contributed by atoms with Gasteiger partial charge in [-0.15, -0.1) is 0 Å². The SMILES string of the molecule is Cc1ccc(N(CC(=O)N(Cc2cccc(Cl)c2)[C@H](Cc2ccccc2)C(=O)NC(C)(C)C)S(=O)(=O)c2ccc(Cl)cc2)cc1. The van der Waals surface area contributed by atoms with Crippen molar-refractivity contribution in [1.82, 2.24) is 10.2 Å². The summed E-state index contributed by atoms with van der Waals surface area (Å²) in [6.45, 7) is 6.96. The topological polar surface area (TPSA) is 86.8 Å². The number of carbonyl (C=O) groups is 2. The largest absolute Gasteiger partial charge is 0.350 e. The molecule has 0 unspecified atom stereocenters. The molecule has 0 aliphatic carbocycles. The van der Waals surface area contributed by atoms with Crippen LogP contribution in [0.25, 0.3) is 0 Å². The zero-order valence-electron chi connectivity index (χ0n) is 25.7. The van der Waals surface area contributed by atoms with Crippen LogP contribution in [-0.4, -0.2) is 43.3 Å². The molecule has 0 fully saturated rings. The summed E-state index contributed by atoms with van der Waals surface area (Å²) in [7, 11) is -4.22. The van der Waals surface area contributed by atoms with Gasteiger partial charge in [0.05, 0.1) is 10.6 Å². The molecular formula is C35H37Cl2N3O4S. The molecule has 1 atom stereocenters. The molecule has 4 aromatic carbocycles. The van der Waals surface area contributed by atoms with Crippen molar-refractivity contribution in [3.63, 3.8) is 0 Å². The van der Waals surface area contributed by atoms with Crippen LogP contribution in [0.5, 0.6) is 0 Å². The number of aryl methyl sites for hydroxylation is 1. The van der Waals surface area contributed by atoms with Crippen LogP contribution in [0.3, 0.4) is 0 Å². The van der Waals surface area contributed by atoms with E-state index in [1.54, 1.807) is 42.5 Å². The van der Waals surface area contributed by atoms with E-state index >= 15 is 0 Å². The lowest BCUT2D eigenvalue weighted by Gasteiger charge is -2.35. The van der Waals surface area contributed by atoms with Gasteiger partial charge >= 0.3 is 0 Å². The molecule has 4 rings (SSSR count). The van der Waals surface area contributed by atoms with Gasteiger partial charge in [0.1, 0.15) is 12.6 Å². The highest BCUT2D eigenvalue weighted by Gasteiger charge is 2.35. The van der Waals surface area contributed by atoms with Gasteiger partial charge in [-0.2, -0.15) is 0 Å². The van der Waals surface area contributed by atoms with E-state index in [9.17, 15) is 18.0 Å². The fourth-order valence-electron chi connectivity index (χ4n) is 4.81. The van der Waals surface area contributed by atoms with Crippen LogP contribution in [0.1, 0.15) is 37.5 Å². The van der Waals surface area contributed by atoms with Gasteiger partial charge in [-0.1, -0.05) is 83.4 Å². The third kappa shape index (κ3) is 9.33. The van der Waals surface area contributed by atoms with Gasteiger partial charge in [0, 0.05) is 28.5 Å². The number of hydrogen-bond acceptors (Lipinski definition) is 4. The number of rotatable bonds is 11. The summed E-state index contributed by atoms with van der Waals surface area (Å²) >= 11 is 12.4. The lowest BCUT2D eigenvalue weighted by molar-refractivity contribution is -0.140. The van der Waals surface area contributed by atoms with Crippen LogP contribution in [0, 0.1) is 6.92 Å². The molecule has 0 radical (unpaired) electrons. The smallest absolute Gasteiger partial charge is 0.264 e. The second-order valence-electron chi connectivity index (χ2n) is 11.9. The van der Waals surface area contributed by atoms with Gasteiger partial charge < -0.3 is 10.2 Å². The molecule has 0 aliphatic heterocycles. The first kappa shape index (κ1) is 34.0. The maximum absolute atomic E-state index is 14.5. The average molecular weight is 667 g/mol. The summed E-state index contributed by atoms with van der Waals surface area (Å²) in [6.07, 6.45) is 0.212. The van der Waals surface area contributed by atoms with Crippen LogP contribution >= 0.6 is 23.2 Å². The normalized spacial score (nSPS) is 12.3. The van der Waals surface area contributed by atoms with Gasteiger partial charge in [-0.05, 0) is 87.4 Å². The molecule has 236 valence electrons. The van der Waals surface area contributed by atoms with Crippen molar-refractivity contribution in [1.29, 1.82) is 0 Å². The first-order valence-corrected chi connectivity index (χ1v) is 16.7. The highest BCUT2D eigenvalue weighted by molar-refractivity contribution is 7.92. The highest BCUT2D eigenvalue weighted by Crippen LogP contribution is 2.27. The van der Waals surface area contributed by atoms with Crippen molar-refractivity contribution in [3.05, 3.63) is 130 Å². The Morgan fingerprint density at radius 2 is 1.42 bits per heavy atom. The lowest BCUT2D eigenvalue weighted by atomic mass is 10.0. The third-order valence-electron chi connectivity index (χ3n) is 7.01. The summed E-state index contributed by atoms with van der Waals surface area (Å²) in [5.74, 6) is -0.915. The average Bonchev–Trinajstić information content (AvgIpc) is 2.98. The molecule has 45 heavy (non-hydrogen) atoms. The molecule has 0 saturated heterocycles. The number of anilines is 1. The maximum atomic E-state index is 14.5. The minimum atomic E-state index is -4.22. The monoisotopic (exact) mass is 665 g/mol. The maximum Gasteiger partial charge on any atom is 0.264 e. The third-order valence-corrected chi connectivity index (χ3v) is 9.29. The van der Waals surface area contributed by atoms with E-state index in [1.807, 2.05) is 64.1 Å². The number of hydrogen-bond donors (Lipinski definition) is 1. The number of nitrogens with zero attached hydrogens (tertiary/aromatic N) is 2. The molecule has 0 heterocycles. The molecule has 4 aromatic rings. The molecule has 10 heteroatoms. The molecule has 1 N–H and O–H groups in total. The Labute approximate surface area is 275 Å². The van der Waals surface area contributed by atoms with Crippen LogP contribution in [0.15, 0.2) is 108 Å². The van der Waals surface area contributed by atoms with E-state index in [0.717, 1.165) is 15.4 Å². The highest BCUT2D eigenvalue weighted by atomic mass is 35.5. The van der Waals surface area contributed by atoms with E-state index in [1.165, 1.54) is 29.2 Å². The Morgan fingerprint density at radius 3 is 2.02 bits per heavy atom. The fraction of sp³-hybridized carbons (Fsp3) is 0.257. The van der Waals surface area contributed by atoms with Crippen LogP contribution in [0.2, 0.25) is 10.0 Å². The van der Waals surface area contributed by atoms with Crippen LogP contribution in [-0.2, 0) is 32.6 Å². The number of nitrogens with one attached hydrogen (secondary N) is 1. The van der Waals surface area contributed by atoms with Gasteiger partial charge in [0.2, 0.25) is 11.8 Å². The number of sulfonamides is 1. The summed E-state index contributed by atoms with van der Waals surface area (Å²) in [5.41, 5.74) is 2.20. The Hall–Kier alpha value is -3.85. The summed E-state index contributed by atoms with van der Waals surface area (Å²) in [4.78, 5) is 29.9. The number of carbonyl (C=O) groups excluding carboxylic acids is 2. The van der Waals surface area contributed by atoms with Crippen LogP contribution < -0.4 is 9.62 Å². The number of halogens is 2. The van der Waals surface area contributed by atoms with Gasteiger partial charge in [-0.3, -0.25) is 13.9 Å². The first-order chi connectivity index (χ1) is 21.2. The molecule has 0 aromatic heterocycles. The Bertz CT molecular complexity index is 1720. The van der Waals surface area contributed by atoms with Gasteiger partial charge in [-0.25, -0.2) is 8.42 Å². The van der Waals surface area contributed by atoms with Crippen LogP contribution in [0.4, 0.5) is 5.69 Å². The van der Waals surface area contributed by atoms with E-state index in [2.05, 4.69) is 5.32 Å². The van der Waals surface area contributed by atoms with E-state index in [0.29, 0.717) is 21.3 Å². The molecular weight excluding hydrogens is 629 g/mol. The zero-order valence-corrected chi connectivity index (χ0v) is 28.0. The molecule has 0 saturated carbocycles. The summed E-state index contributed by atoms with van der Waals surface area (Å²) in [5, 5.41) is 3.88.